The predicted molar refractivity (Wildman–Crippen MR) is 74.5 cm³/mol. The lowest BCUT2D eigenvalue weighted by molar-refractivity contribution is -0.133. The minimum atomic E-state index is -0.160. The number of likely N-dealkylation sites (N-methyl/N-ethyl adjacent to an activating group) is 1. The fourth-order valence-corrected chi connectivity index (χ4v) is 1.64. The summed E-state index contributed by atoms with van der Waals surface area (Å²) in [7, 11) is 1.75. The van der Waals surface area contributed by atoms with Crippen molar-refractivity contribution in [1.29, 1.82) is 0 Å². The van der Waals surface area contributed by atoms with Gasteiger partial charge >= 0.3 is 0 Å². The van der Waals surface area contributed by atoms with Crippen LogP contribution in [0.1, 0.15) is 6.92 Å². The van der Waals surface area contributed by atoms with Crippen molar-refractivity contribution in [3.8, 4) is 5.75 Å². The van der Waals surface area contributed by atoms with Crippen LogP contribution < -0.4 is 4.74 Å². The van der Waals surface area contributed by atoms with Gasteiger partial charge in [-0.1, -0.05) is 18.5 Å². The second kappa shape index (κ2) is 7.49. The van der Waals surface area contributed by atoms with Gasteiger partial charge in [-0.25, -0.2) is 0 Å². The molecule has 0 aromatic heterocycles. The van der Waals surface area contributed by atoms with E-state index in [1.807, 2.05) is 6.92 Å². The van der Waals surface area contributed by atoms with Crippen LogP contribution in [-0.4, -0.2) is 36.9 Å². The van der Waals surface area contributed by atoms with E-state index in [9.17, 15) is 4.79 Å². The number of amides is 1. The molecule has 18 heavy (non-hydrogen) atoms. The Morgan fingerprint density at radius 1 is 1.39 bits per heavy atom. The van der Waals surface area contributed by atoms with Gasteiger partial charge in [-0.15, -0.1) is 11.6 Å². The van der Waals surface area contributed by atoms with Crippen LogP contribution >= 0.6 is 23.2 Å². The van der Waals surface area contributed by atoms with E-state index >= 15 is 0 Å². The maximum Gasteiger partial charge on any atom is 0.226 e. The average Bonchev–Trinajstić information content (AvgIpc) is 2.39. The number of ether oxygens (including phenoxy) is 1. The molecule has 5 heteroatoms. The largest absolute Gasteiger partial charge is 0.492 e. The molecular weight excluding hydrogens is 273 g/mol. The molecule has 3 nitrogen and oxygen atoms in total. The van der Waals surface area contributed by atoms with E-state index in [-0.39, 0.29) is 11.8 Å². The Morgan fingerprint density at radius 2 is 2.00 bits per heavy atom. The Bertz CT molecular complexity index is 381. The fourth-order valence-electron chi connectivity index (χ4n) is 1.38. The summed E-state index contributed by atoms with van der Waals surface area (Å²) in [6.07, 6.45) is 0. The van der Waals surface area contributed by atoms with Gasteiger partial charge in [0.2, 0.25) is 5.91 Å². The first-order valence-corrected chi connectivity index (χ1v) is 6.65. The molecular formula is C13H17Cl2NO2. The highest BCUT2D eigenvalue weighted by Crippen LogP contribution is 2.15. The van der Waals surface area contributed by atoms with Crippen LogP contribution in [0.3, 0.4) is 0 Å². The van der Waals surface area contributed by atoms with E-state index in [4.69, 9.17) is 27.9 Å². The Kier molecular flexibility index (Phi) is 6.30. The SMILES string of the molecule is CC(CCl)C(=O)N(C)CCOc1ccc(Cl)cc1. The molecule has 100 valence electrons. The predicted octanol–water partition coefficient (Wildman–Crippen LogP) is 3.05. The maximum atomic E-state index is 11.7. The van der Waals surface area contributed by atoms with Gasteiger partial charge in [0, 0.05) is 23.9 Å². The third-order valence-electron chi connectivity index (χ3n) is 2.54. The summed E-state index contributed by atoms with van der Waals surface area (Å²) in [6.45, 7) is 2.79. The van der Waals surface area contributed by atoms with Gasteiger partial charge in [0.25, 0.3) is 0 Å². The minimum Gasteiger partial charge on any atom is -0.492 e. The zero-order valence-electron chi connectivity index (χ0n) is 10.5. The minimum absolute atomic E-state index is 0.0321. The third-order valence-corrected chi connectivity index (χ3v) is 3.25. The lowest BCUT2D eigenvalue weighted by atomic mass is 10.2. The third kappa shape index (κ3) is 4.75. The molecule has 1 rings (SSSR count). The average molecular weight is 290 g/mol. The number of halogens is 2. The Morgan fingerprint density at radius 3 is 2.56 bits per heavy atom. The maximum absolute atomic E-state index is 11.7. The first kappa shape index (κ1) is 15.1. The number of benzene rings is 1. The highest BCUT2D eigenvalue weighted by atomic mass is 35.5. The zero-order chi connectivity index (χ0) is 13.5. The van der Waals surface area contributed by atoms with Crippen molar-refractivity contribution in [3.63, 3.8) is 0 Å². The van der Waals surface area contributed by atoms with Gasteiger partial charge in [0.05, 0.1) is 6.54 Å². The molecule has 1 atom stereocenters. The van der Waals surface area contributed by atoms with Crippen LogP contribution in [0.15, 0.2) is 24.3 Å². The van der Waals surface area contributed by atoms with Crippen molar-refractivity contribution >= 4 is 29.1 Å². The normalized spacial score (nSPS) is 12.0. The van der Waals surface area contributed by atoms with E-state index in [1.54, 1.807) is 36.2 Å². The summed E-state index contributed by atoms with van der Waals surface area (Å²) >= 11 is 11.4. The van der Waals surface area contributed by atoms with Gasteiger partial charge in [-0.05, 0) is 24.3 Å². The summed E-state index contributed by atoms with van der Waals surface area (Å²) in [4.78, 5) is 13.4. The topological polar surface area (TPSA) is 29.5 Å². The molecule has 0 saturated heterocycles. The molecule has 1 aromatic rings. The van der Waals surface area contributed by atoms with Gasteiger partial charge in [-0.3, -0.25) is 4.79 Å². The van der Waals surface area contributed by atoms with Crippen LogP contribution in [0.2, 0.25) is 5.02 Å². The highest BCUT2D eigenvalue weighted by molar-refractivity contribution is 6.30. The summed E-state index contributed by atoms with van der Waals surface area (Å²) in [5, 5.41) is 0.672. The molecule has 0 spiro atoms. The van der Waals surface area contributed by atoms with Crippen molar-refractivity contribution in [2.75, 3.05) is 26.1 Å². The summed E-state index contributed by atoms with van der Waals surface area (Å²) in [6, 6.07) is 7.12. The number of hydrogen-bond donors (Lipinski definition) is 0. The summed E-state index contributed by atoms with van der Waals surface area (Å²) < 4.78 is 5.51. The number of carbonyl (C=O) groups is 1. The molecule has 0 aliphatic carbocycles. The number of alkyl halides is 1. The second-order valence-electron chi connectivity index (χ2n) is 4.12. The summed E-state index contributed by atoms with van der Waals surface area (Å²) in [5.41, 5.74) is 0. The number of rotatable bonds is 6. The Balaban J connectivity index is 2.33. The molecule has 0 radical (unpaired) electrons. The monoisotopic (exact) mass is 289 g/mol. The molecule has 1 amide bonds. The van der Waals surface area contributed by atoms with Crippen LogP contribution in [0, 0.1) is 5.92 Å². The molecule has 1 aromatic carbocycles. The fraction of sp³-hybridized carbons (Fsp3) is 0.462. The molecule has 0 heterocycles. The van der Waals surface area contributed by atoms with E-state index in [0.717, 1.165) is 5.75 Å². The van der Waals surface area contributed by atoms with Crippen molar-refractivity contribution < 1.29 is 9.53 Å². The molecule has 0 fully saturated rings. The molecule has 0 N–H and O–H groups in total. The number of carbonyl (C=O) groups excluding carboxylic acids is 1. The molecule has 1 unspecified atom stereocenters. The highest BCUT2D eigenvalue weighted by Gasteiger charge is 2.15. The Labute approximate surface area is 118 Å². The standard InChI is InChI=1S/C13H17Cl2NO2/c1-10(9-14)13(17)16(2)7-8-18-12-5-3-11(15)4-6-12/h3-6,10H,7-9H2,1-2H3. The molecule has 0 saturated carbocycles. The first-order valence-electron chi connectivity index (χ1n) is 5.74. The smallest absolute Gasteiger partial charge is 0.226 e. The van der Waals surface area contributed by atoms with Crippen molar-refractivity contribution in [2.45, 2.75) is 6.92 Å². The van der Waals surface area contributed by atoms with E-state index < -0.39 is 0 Å². The first-order chi connectivity index (χ1) is 8.54. The zero-order valence-corrected chi connectivity index (χ0v) is 12.0. The van der Waals surface area contributed by atoms with E-state index in [0.29, 0.717) is 24.1 Å². The van der Waals surface area contributed by atoms with Crippen LogP contribution in [0.25, 0.3) is 0 Å². The van der Waals surface area contributed by atoms with Crippen molar-refractivity contribution in [3.05, 3.63) is 29.3 Å². The van der Waals surface area contributed by atoms with Crippen molar-refractivity contribution in [2.24, 2.45) is 5.92 Å². The van der Waals surface area contributed by atoms with Gasteiger partial charge in [0.1, 0.15) is 12.4 Å². The van der Waals surface area contributed by atoms with E-state index in [2.05, 4.69) is 0 Å². The molecule has 0 bridgehead atoms. The lowest BCUT2D eigenvalue weighted by Crippen LogP contribution is -2.35. The molecule has 0 aliphatic heterocycles. The van der Waals surface area contributed by atoms with Gasteiger partial charge < -0.3 is 9.64 Å². The van der Waals surface area contributed by atoms with Crippen LogP contribution in [-0.2, 0) is 4.79 Å². The second-order valence-corrected chi connectivity index (χ2v) is 4.86. The lowest BCUT2D eigenvalue weighted by Gasteiger charge is -2.20. The van der Waals surface area contributed by atoms with Gasteiger partial charge in [-0.2, -0.15) is 0 Å². The number of hydrogen-bond acceptors (Lipinski definition) is 2. The summed E-state index contributed by atoms with van der Waals surface area (Å²) in [5.74, 6) is 0.948. The Hall–Kier alpha value is -0.930. The van der Waals surface area contributed by atoms with Crippen LogP contribution in [0.5, 0.6) is 5.75 Å². The van der Waals surface area contributed by atoms with Crippen molar-refractivity contribution in [1.82, 2.24) is 4.90 Å². The van der Waals surface area contributed by atoms with Gasteiger partial charge in [0.15, 0.2) is 0 Å². The molecule has 0 aliphatic rings. The van der Waals surface area contributed by atoms with Crippen LogP contribution in [0.4, 0.5) is 0 Å². The number of nitrogens with zero attached hydrogens (tertiary/aromatic N) is 1. The van der Waals surface area contributed by atoms with E-state index in [1.165, 1.54) is 0 Å². The quantitative estimate of drug-likeness (QED) is 0.754.